The van der Waals surface area contributed by atoms with Crippen molar-refractivity contribution in [3.63, 3.8) is 0 Å². The molecule has 1 aromatic rings. The summed E-state index contributed by atoms with van der Waals surface area (Å²) in [6.07, 6.45) is 2.09. The third-order valence-electron chi connectivity index (χ3n) is 2.59. The van der Waals surface area contributed by atoms with Crippen molar-refractivity contribution in [2.24, 2.45) is 0 Å². The molecule has 3 N–H and O–H groups in total. The number of thiazole rings is 1. The molecule has 7 heteroatoms. The van der Waals surface area contributed by atoms with E-state index in [4.69, 9.17) is 5.11 Å². The van der Waals surface area contributed by atoms with Crippen molar-refractivity contribution in [3.05, 3.63) is 16.6 Å². The summed E-state index contributed by atoms with van der Waals surface area (Å²) in [6.45, 7) is 5.44. The second-order valence-electron chi connectivity index (χ2n) is 4.97. The number of amides is 2. The number of carboxylic acid groups (broad SMARTS) is 1. The highest BCUT2D eigenvalue weighted by atomic mass is 32.1. The first-order valence-electron chi connectivity index (χ1n) is 6.00. The Bertz CT molecular complexity index is 431. The molecule has 0 saturated heterocycles. The molecule has 6 nitrogen and oxygen atoms in total. The number of nitrogens with one attached hydrogen (secondary N) is 2. The van der Waals surface area contributed by atoms with Crippen molar-refractivity contribution in [2.75, 3.05) is 0 Å². The lowest BCUT2D eigenvalue weighted by atomic mass is 9.99. The lowest BCUT2D eigenvalue weighted by Gasteiger charge is -2.26. The predicted molar refractivity (Wildman–Crippen MR) is 73.1 cm³/mol. The molecular weight excluding hydrogens is 266 g/mol. The number of hydrogen-bond donors (Lipinski definition) is 3. The number of carbonyl (C=O) groups excluding carboxylic acids is 1. The van der Waals surface area contributed by atoms with Crippen molar-refractivity contribution in [3.8, 4) is 0 Å². The van der Waals surface area contributed by atoms with Gasteiger partial charge < -0.3 is 15.7 Å². The van der Waals surface area contributed by atoms with Crippen LogP contribution in [-0.4, -0.2) is 27.6 Å². The van der Waals surface area contributed by atoms with Crippen molar-refractivity contribution in [1.82, 2.24) is 15.6 Å². The molecule has 0 fully saturated rings. The summed E-state index contributed by atoms with van der Waals surface area (Å²) in [7, 11) is 0. The largest absolute Gasteiger partial charge is 0.481 e. The van der Waals surface area contributed by atoms with Crippen LogP contribution in [0.5, 0.6) is 0 Å². The minimum absolute atomic E-state index is 0.0231. The molecule has 1 heterocycles. The van der Waals surface area contributed by atoms with Gasteiger partial charge in [-0.25, -0.2) is 9.78 Å². The summed E-state index contributed by atoms with van der Waals surface area (Å²) >= 11 is 1.47. The number of carboxylic acids is 1. The van der Waals surface area contributed by atoms with Gasteiger partial charge >= 0.3 is 12.0 Å². The SMILES string of the molecule is CC(NC(=O)NC(C)(C)CCC(=O)O)c1nccs1. The molecule has 0 spiro atoms. The van der Waals surface area contributed by atoms with Gasteiger partial charge in [-0.2, -0.15) is 0 Å². The van der Waals surface area contributed by atoms with Gasteiger partial charge in [0.15, 0.2) is 0 Å². The number of aromatic nitrogens is 1. The molecule has 0 aliphatic carbocycles. The maximum absolute atomic E-state index is 11.8. The summed E-state index contributed by atoms with van der Waals surface area (Å²) in [6, 6.07) is -0.492. The Balaban J connectivity index is 2.43. The molecule has 1 unspecified atom stereocenters. The van der Waals surface area contributed by atoms with E-state index in [9.17, 15) is 9.59 Å². The lowest BCUT2D eigenvalue weighted by Crippen LogP contribution is -2.49. The number of rotatable bonds is 6. The van der Waals surface area contributed by atoms with Crippen molar-refractivity contribution in [2.45, 2.75) is 45.2 Å². The maximum Gasteiger partial charge on any atom is 0.315 e. The van der Waals surface area contributed by atoms with Gasteiger partial charge in [0.2, 0.25) is 0 Å². The second-order valence-corrected chi connectivity index (χ2v) is 5.89. The van der Waals surface area contributed by atoms with Crippen molar-refractivity contribution < 1.29 is 14.7 Å². The summed E-state index contributed by atoms with van der Waals surface area (Å²) in [5.74, 6) is -0.869. The smallest absolute Gasteiger partial charge is 0.315 e. The summed E-state index contributed by atoms with van der Waals surface area (Å²) in [5, 5.41) is 16.9. The van der Waals surface area contributed by atoms with Crippen molar-refractivity contribution >= 4 is 23.3 Å². The molecule has 0 aliphatic rings. The Kier molecular flexibility index (Phi) is 5.29. The third kappa shape index (κ3) is 5.69. The Hall–Kier alpha value is -1.63. The molecule has 19 heavy (non-hydrogen) atoms. The molecule has 2 amide bonds. The fraction of sp³-hybridized carbons (Fsp3) is 0.583. The van der Waals surface area contributed by atoms with Crippen LogP contribution in [-0.2, 0) is 4.79 Å². The number of hydrogen-bond acceptors (Lipinski definition) is 4. The van der Waals surface area contributed by atoms with Gasteiger partial charge in [0.25, 0.3) is 0 Å². The topological polar surface area (TPSA) is 91.3 Å². The van der Waals surface area contributed by atoms with Crippen LogP contribution in [0.1, 0.15) is 44.7 Å². The van der Waals surface area contributed by atoms with E-state index in [1.54, 1.807) is 20.0 Å². The molecule has 0 saturated carbocycles. The zero-order valence-corrected chi connectivity index (χ0v) is 12.1. The molecule has 1 aromatic heterocycles. The van der Waals surface area contributed by atoms with Crippen LogP contribution in [0.15, 0.2) is 11.6 Å². The number of aliphatic carboxylic acids is 1. The van der Waals surface area contributed by atoms with Gasteiger partial charge in [0.05, 0.1) is 6.04 Å². The Morgan fingerprint density at radius 2 is 2.21 bits per heavy atom. The van der Waals surface area contributed by atoms with E-state index in [2.05, 4.69) is 15.6 Å². The zero-order chi connectivity index (χ0) is 14.5. The molecule has 1 atom stereocenters. The Morgan fingerprint density at radius 3 is 2.74 bits per heavy atom. The highest BCUT2D eigenvalue weighted by Crippen LogP contribution is 2.15. The number of nitrogens with zero attached hydrogens (tertiary/aromatic N) is 1. The van der Waals surface area contributed by atoms with Crippen LogP contribution in [0, 0.1) is 0 Å². The number of carbonyl (C=O) groups is 2. The monoisotopic (exact) mass is 285 g/mol. The van der Waals surface area contributed by atoms with Gasteiger partial charge in [0.1, 0.15) is 5.01 Å². The third-order valence-corrected chi connectivity index (χ3v) is 3.54. The van der Waals surface area contributed by atoms with Crippen molar-refractivity contribution in [1.29, 1.82) is 0 Å². The normalized spacial score (nSPS) is 12.8. The fourth-order valence-corrected chi connectivity index (χ4v) is 2.18. The highest BCUT2D eigenvalue weighted by molar-refractivity contribution is 7.09. The summed E-state index contributed by atoms with van der Waals surface area (Å²) < 4.78 is 0. The van der Waals surface area contributed by atoms with Crippen LogP contribution < -0.4 is 10.6 Å². The van der Waals surface area contributed by atoms with Gasteiger partial charge in [0, 0.05) is 23.5 Å². The van der Waals surface area contributed by atoms with E-state index in [0.29, 0.717) is 6.42 Å². The Labute approximate surface area is 116 Å². The molecule has 0 bridgehead atoms. The van der Waals surface area contributed by atoms with Crippen LogP contribution in [0.4, 0.5) is 4.79 Å². The highest BCUT2D eigenvalue weighted by Gasteiger charge is 2.22. The van der Waals surface area contributed by atoms with E-state index in [-0.39, 0.29) is 18.5 Å². The first-order valence-corrected chi connectivity index (χ1v) is 6.88. The molecule has 0 aliphatic heterocycles. The molecule has 1 rings (SSSR count). The fourth-order valence-electron chi connectivity index (χ4n) is 1.53. The van der Waals surface area contributed by atoms with E-state index in [1.807, 2.05) is 12.3 Å². The average Bonchev–Trinajstić information content (AvgIpc) is 2.79. The second kappa shape index (κ2) is 6.51. The molecule has 0 radical (unpaired) electrons. The average molecular weight is 285 g/mol. The molecule has 106 valence electrons. The minimum atomic E-state index is -0.869. The summed E-state index contributed by atoms with van der Waals surface area (Å²) in [5.41, 5.74) is -0.564. The van der Waals surface area contributed by atoms with Gasteiger partial charge in [-0.1, -0.05) is 0 Å². The van der Waals surface area contributed by atoms with Crippen LogP contribution in [0.25, 0.3) is 0 Å². The summed E-state index contributed by atoms with van der Waals surface area (Å²) in [4.78, 5) is 26.5. The van der Waals surface area contributed by atoms with Gasteiger partial charge in [-0.05, 0) is 27.2 Å². The van der Waals surface area contributed by atoms with Crippen LogP contribution >= 0.6 is 11.3 Å². The standard InChI is InChI=1S/C12H19N3O3S/c1-8(10-13-6-7-19-10)14-11(18)15-12(2,3)5-4-9(16)17/h6-8H,4-5H2,1-3H3,(H,16,17)(H2,14,15,18). The Morgan fingerprint density at radius 1 is 1.53 bits per heavy atom. The maximum atomic E-state index is 11.8. The number of urea groups is 1. The predicted octanol–water partition coefficient (Wildman–Crippen LogP) is 2.15. The van der Waals surface area contributed by atoms with Gasteiger partial charge in [-0.15, -0.1) is 11.3 Å². The van der Waals surface area contributed by atoms with E-state index in [0.717, 1.165) is 5.01 Å². The lowest BCUT2D eigenvalue weighted by molar-refractivity contribution is -0.137. The first kappa shape index (κ1) is 15.4. The van der Waals surface area contributed by atoms with Gasteiger partial charge in [-0.3, -0.25) is 4.79 Å². The van der Waals surface area contributed by atoms with Crippen LogP contribution in [0.3, 0.4) is 0 Å². The first-order chi connectivity index (χ1) is 8.80. The quantitative estimate of drug-likeness (QED) is 0.746. The van der Waals surface area contributed by atoms with E-state index >= 15 is 0 Å². The zero-order valence-electron chi connectivity index (χ0n) is 11.3. The van der Waals surface area contributed by atoms with E-state index < -0.39 is 11.5 Å². The molecular formula is C12H19N3O3S. The minimum Gasteiger partial charge on any atom is -0.481 e. The molecule has 0 aromatic carbocycles. The van der Waals surface area contributed by atoms with Crippen LogP contribution in [0.2, 0.25) is 0 Å². The van der Waals surface area contributed by atoms with E-state index in [1.165, 1.54) is 11.3 Å².